The first-order valence-electron chi connectivity index (χ1n) is 13.3. The second-order valence-electron chi connectivity index (χ2n) is 10.3. The number of likely N-dealkylation sites (tertiary alicyclic amines) is 1. The minimum absolute atomic E-state index is 0.0177. The monoisotopic (exact) mass is 487 g/mol. The van der Waals surface area contributed by atoms with Gasteiger partial charge in [0.05, 0.1) is 18.5 Å². The molecule has 1 N–H and O–H groups in total. The van der Waals surface area contributed by atoms with Crippen LogP contribution in [-0.2, 0) is 11.3 Å². The highest BCUT2D eigenvalue weighted by atomic mass is 16.5. The van der Waals surface area contributed by atoms with Gasteiger partial charge >= 0.3 is 0 Å². The number of amides is 1. The molecule has 0 bridgehead atoms. The zero-order chi connectivity index (χ0) is 24.9. The number of piperidine rings is 2. The fraction of sp³-hybridized carbons (Fsp3) is 0.483. The predicted molar refractivity (Wildman–Crippen MR) is 142 cm³/mol. The van der Waals surface area contributed by atoms with Crippen LogP contribution >= 0.6 is 0 Å². The summed E-state index contributed by atoms with van der Waals surface area (Å²) in [6, 6.07) is 16.7. The normalized spacial score (nSPS) is 19.7. The maximum absolute atomic E-state index is 13.1. The van der Waals surface area contributed by atoms with Crippen LogP contribution in [0.2, 0.25) is 0 Å². The van der Waals surface area contributed by atoms with E-state index in [2.05, 4.69) is 56.4 Å². The minimum Gasteiger partial charge on any atom is -0.372 e. The van der Waals surface area contributed by atoms with E-state index in [1.807, 2.05) is 31.2 Å². The number of carbonyl (C=O) groups is 1. The Balaban J connectivity index is 1.15. The van der Waals surface area contributed by atoms with E-state index in [0.29, 0.717) is 24.8 Å². The molecule has 36 heavy (non-hydrogen) atoms. The molecular weight excluding hydrogens is 450 g/mol. The molecule has 2 aliphatic heterocycles. The topological polar surface area (TPSA) is 74.5 Å². The Kier molecular flexibility index (Phi) is 7.66. The molecule has 3 aromatic rings. The molecule has 2 aliphatic rings. The van der Waals surface area contributed by atoms with Crippen molar-refractivity contribution in [2.45, 2.75) is 58.5 Å². The highest BCUT2D eigenvalue weighted by molar-refractivity contribution is 5.79. The highest BCUT2D eigenvalue weighted by Gasteiger charge is 2.28. The number of anilines is 1. The average Bonchev–Trinajstić information content (AvgIpc) is 3.37. The lowest BCUT2D eigenvalue weighted by Crippen LogP contribution is -2.43. The van der Waals surface area contributed by atoms with Crippen LogP contribution in [0.15, 0.2) is 53.1 Å². The van der Waals surface area contributed by atoms with E-state index in [-0.39, 0.29) is 17.9 Å². The molecule has 0 aliphatic carbocycles. The lowest BCUT2D eigenvalue weighted by molar-refractivity contribution is -0.127. The molecule has 2 atom stereocenters. The van der Waals surface area contributed by atoms with Crippen LogP contribution < -0.4 is 10.2 Å². The van der Waals surface area contributed by atoms with Gasteiger partial charge in [-0.15, -0.1) is 0 Å². The van der Waals surface area contributed by atoms with Gasteiger partial charge in [0.15, 0.2) is 0 Å². The second kappa shape index (κ2) is 11.2. The van der Waals surface area contributed by atoms with E-state index >= 15 is 0 Å². The van der Waals surface area contributed by atoms with Crippen LogP contribution in [0.4, 0.5) is 5.69 Å². The molecule has 190 valence electrons. The molecule has 2 fully saturated rings. The third-order valence-corrected chi connectivity index (χ3v) is 7.56. The number of nitrogens with one attached hydrogen (secondary N) is 1. The van der Waals surface area contributed by atoms with Gasteiger partial charge in [0.25, 0.3) is 0 Å². The number of aryl methyl sites for hydroxylation is 1. The summed E-state index contributed by atoms with van der Waals surface area (Å²) in [5, 5.41) is 7.43. The lowest BCUT2D eigenvalue weighted by Gasteiger charge is -2.31. The van der Waals surface area contributed by atoms with Gasteiger partial charge in [-0.2, -0.15) is 4.98 Å². The molecule has 2 unspecified atom stereocenters. The first-order chi connectivity index (χ1) is 17.6. The summed E-state index contributed by atoms with van der Waals surface area (Å²) in [4.78, 5) is 22.4. The van der Waals surface area contributed by atoms with E-state index in [1.165, 1.54) is 24.9 Å². The SMILES string of the molecule is Cc1ccccc1-c1noc(CN2CCCC(C(=O)NC(C)c3ccc(N4CCCCC4)cc3)C2)n1. The Bertz CT molecular complexity index is 1150. The molecule has 7 nitrogen and oxygen atoms in total. The summed E-state index contributed by atoms with van der Waals surface area (Å²) in [5.74, 6) is 1.30. The maximum atomic E-state index is 13.1. The van der Waals surface area contributed by atoms with Crippen molar-refractivity contribution >= 4 is 11.6 Å². The van der Waals surface area contributed by atoms with Crippen molar-refractivity contribution in [1.82, 2.24) is 20.4 Å². The molecule has 0 radical (unpaired) electrons. The van der Waals surface area contributed by atoms with Crippen LogP contribution in [0, 0.1) is 12.8 Å². The number of nitrogens with zero attached hydrogens (tertiary/aromatic N) is 4. The summed E-state index contributed by atoms with van der Waals surface area (Å²) in [6.45, 7) is 8.59. The van der Waals surface area contributed by atoms with Crippen LogP contribution in [-0.4, -0.2) is 47.1 Å². The predicted octanol–water partition coefficient (Wildman–Crippen LogP) is 5.12. The van der Waals surface area contributed by atoms with Gasteiger partial charge in [-0.3, -0.25) is 9.69 Å². The first-order valence-corrected chi connectivity index (χ1v) is 13.3. The van der Waals surface area contributed by atoms with Crippen LogP contribution in [0.25, 0.3) is 11.4 Å². The summed E-state index contributed by atoms with van der Waals surface area (Å²) in [6.07, 6.45) is 5.76. The fourth-order valence-corrected chi connectivity index (χ4v) is 5.40. The molecular formula is C29H37N5O2. The summed E-state index contributed by atoms with van der Waals surface area (Å²) >= 11 is 0. The largest absolute Gasteiger partial charge is 0.372 e. The number of carbonyl (C=O) groups excluding carboxylic acids is 1. The molecule has 0 saturated carbocycles. The molecule has 7 heteroatoms. The van der Waals surface area contributed by atoms with E-state index in [0.717, 1.165) is 49.2 Å². The fourth-order valence-electron chi connectivity index (χ4n) is 5.40. The molecule has 2 aromatic carbocycles. The van der Waals surface area contributed by atoms with Crippen LogP contribution in [0.1, 0.15) is 62.1 Å². The Hall–Kier alpha value is -3.19. The van der Waals surface area contributed by atoms with Crippen molar-refractivity contribution in [1.29, 1.82) is 0 Å². The van der Waals surface area contributed by atoms with Gasteiger partial charge in [-0.05, 0) is 75.8 Å². The number of rotatable bonds is 7. The summed E-state index contributed by atoms with van der Waals surface area (Å²) < 4.78 is 5.54. The van der Waals surface area contributed by atoms with Crippen molar-refractivity contribution in [3.8, 4) is 11.4 Å². The molecule has 5 rings (SSSR count). The van der Waals surface area contributed by atoms with Crippen molar-refractivity contribution in [3.05, 3.63) is 65.5 Å². The Morgan fingerprint density at radius 1 is 1.06 bits per heavy atom. The molecule has 1 aromatic heterocycles. The summed E-state index contributed by atoms with van der Waals surface area (Å²) in [7, 11) is 0. The zero-order valence-electron chi connectivity index (χ0n) is 21.4. The highest BCUT2D eigenvalue weighted by Crippen LogP contribution is 2.25. The zero-order valence-corrected chi connectivity index (χ0v) is 21.4. The average molecular weight is 488 g/mol. The first kappa shape index (κ1) is 24.5. The van der Waals surface area contributed by atoms with Gasteiger partial charge in [0.2, 0.25) is 17.6 Å². The second-order valence-corrected chi connectivity index (χ2v) is 10.3. The molecule has 2 saturated heterocycles. The Morgan fingerprint density at radius 2 is 1.83 bits per heavy atom. The van der Waals surface area contributed by atoms with Gasteiger partial charge in [-0.25, -0.2) is 0 Å². The van der Waals surface area contributed by atoms with Crippen molar-refractivity contribution < 1.29 is 9.32 Å². The standard InChI is InChI=1S/C29H37N5O2/c1-21-9-4-5-11-26(21)28-31-27(36-32-28)20-33-16-8-10-24(19-33)29(35)30-22(2)23-12-14-25(15-13-23)34-17-6-3-7-18-34/h4-5,9,11-15,22,24H,3,6-8,10,16-20H2,1-2H3,(H,30,35). The van der Waals surface area contributed by atoms with E-state index < -0.39 is 0 Å². The smallest absolute Gasteiger partial charge is 0.241 e. The number of benzene rings is 2. The summed E-state index contributed by atoms with van der Waals surface area (Å²) in [5.41, 5.74) is 4.54. The molecule has 0 spiro atoms. The van der Waals surface area contributed by atoms with Gasteiger partial charge in [-0.1, -0.05) is 41.6 Å². The quantitative estimate of drug-likeness (QED) is 0.498. The number of hydrogen-bond acceptors (Lipinski definition) is 6. The van der Waals surface area contributed by atoms with Crippen molar-refractivity contribution in [2.75, 3.05) is 31.1 Å². The maximum Gasteiger partial charge on any atom is 0.241 e. The Labute approximate surface area is 213 Å². The van der Waals surface area contributed by atoms with Gasteiger partial charge < -0.3 is 14.7 Å². The van der Waals surface area contributed by atoms with Crippen molar-refractivity contribution in [3.63, 3.8) is 0 Å². The molecule has 1 amide bonds. The third kappa shape index (κ3) is 5.78. The number of hydrogen-bond donors (Lipinski definition) is 1. The Morgan fingerprint density at radius 3 is 2.61 bits per heavy atom. The number of aromatic nitrogens is 2. The third-order valence-electron chi connectivity index (χ3n) is 7.56. The van der Waals surface area contributed by atoms with Crippen molar-refractivity contribution in [2.24, 2.45) is 5.92 Å². The lowest BCUT2D eigenvalue weighted by atomic mass is 9.96. The van der Waals surface area contributed by atoms with Gasteiger partial charge in [0, 0.05) is 30.9 Å². The van der Waals surface area contributed by atoms with E-state index in [1.54, 1.807) is 0 Å². The van der Waals surface area contributed by atoms with E-state index in [9.17, 15) is 4.79 Å². The van der Waals surface area contributed by atoms with Crippen LogP contribution in [0.5, 0.6) is 0 Å². The van der Waals surface area contributed by atoms with Gasteiger partial charge in [0.1, 0.15) is 0 Å². The van der Waals surface area contributed by atoms with E-state index in [4.69, 9.17) is 4.52 Å². The van der Waals surface area contributed by atoms with Crippen LogP contribution in [0.3, 0.4) is 0 Å². The minimum atomic E-state index is -0.0346. The molecule has 3 heterocycles.